The van der Waals surface area contributed by atoms with Crippen molar-refractivity contribution in [3.63, 3.8) is 0 Å². The van der Waals surface area contributed by atoms with Crippen LogP contribution < -0.4 is 11.1 Å². The van der Waals surface area contributed by atoms with Crippen molar-refractivity contribution >= 4 is 40.9 Å². The summed E-state index contributed by atoms with van der Waals surface area (Å²) in [4.78, 5) is 39.2. The van der Waals surface area contributed by atoms with E-state index >= 15 is 0 Å². The highest BCUT2D eigenvalue weighted by atomic mass is 35.5. The molecule has 2 atom stereocenters. The van der Waals surface area contributed by atoms with Crippen molar-refractivity contribution in [3.05, 3.63) is 48.0 Å². The van der Waals surface area contributed by atoms with Gasteiger partial charge in [-0.25, -0.2) is 0 Å². The van der Waals surface area contributed by atoms with E-state index in [0.29, 0.717) is 19.4 Å². The Bertz CT molecular complexity index is 939. The number of hydrogen-bond donors (Lipinski definition) is 2. The number of carbonyl (C=O) groups excluding carboxylic acids is 3. The van der Waals surface area contributed by atoms with Gasteiger partial charge in [-0.15, -0.1) is 12.4 Å². The molecule has 0 unspecified atom stereocenters. The first kappa shape index (κ1) is 23.7. The van der Waals surface area contributed by atoms with Gasteiger partial charge in [-0.1, -0.05) is 63.2 Å². The SMILES string of the molecule is CC(C)(C)C(=O)N1CCC[C@H]1C(=O)N[C@H](Cc1ccc2ccccc2c1)C(N)=O.Cl. The Kier molecular flexibility index (Phi) is 7.48. The first-order chi connectivity index (χ1) is 13.7. The van der Waals surface area contributed by atoms with Crippen LogP contribution in [0.3, 0.4) is 0 Å². The topological polar surface area (TPSA) is 92.5 Å². The highest BCUT2D eigenvalue weighted by molar-refractivity contribution is 5.93. The summed E-state index contributed by atoms with van der Waals surface area (Å²) in [5, 5.41) is 4.96. The number of amides is 3. The van der Waals surface area contributed by atoms with Crippen molar-refractivity contribution in [2.75, 3.05) is 6.54 Å². The lowest BCUT2D eigenvalue weighted by atomic mass is 9.94. The number of primary amides is 1. The van der Waals surface area contributed by atoms with Crippen LogP contribution in [0, 0.1) is 5.41 Å². The van der Waals surface area contributed by atoms with E-state index in [2.05, 4.69) is 5.32 Å². The molecule has 0 saturated carbocycles. The van der Waals surface area contributed by atoms with Crippen molar-refractivity contribution in [3.8, 4) is 0 Å². The minimum atomic E-state index is -0.823. The molecule has 162 valence electrons. The molecule has 0 spiro atoms. The number of nitrogens with two attached hydrogens (primary N) is 1. The second-order valence-corrected chi connectivity index (χ2v) is 8.76. The summed E-state index contributed by atoms with van der Waals surface area (Å²) in [6.07, 6.45) is 1.67. The lowest BCUT2D eigenvalue weighted by Crippen LogP contribution is -2.54. The molecule has 1 saturated heterocycles. The number of fused-ring (bicyclic) bond motifs is 1. The van der Waals surface area contributed by atoms with Crippen molar-refractivity contribution in [2.45, 2.75) is 52.1 Å². The first-order valence-electron chi connectivity index (χ1n) is 10.1. The lowest BCUT2D eigenvalue weighted by Gasteiger charge is -2.31. The minimum Gasteiger partial charge on any atom is -0.368 e. The summed E-state index contributed by atoms with van der Waals surface area (Å²) in [6.45, 7) is 6.08. The first-order valence-corrected chi connectivity index (χ1v) is 10.1. The fourth-order valence-electron chi connectivity index (χ4n) is 3.81. The van der Waals surface area contributed by atoms with Crippen LogP contribution in [0.5, 0.6) is 0 Å². The zero-order valence-corrected chi connectivity index (χ0v) is 18.5. The third-order valence-corrected chi connectivity index (χ3v) is 5.37. The van der Waals surface area contributed by atoms with Gasteiger partial charge in [0.05, 0.1) is 0 Å². The molecule has 2 aromatic rings. The lowest BCUT2D eigenvalue weighted by molar-refractivity contribution is -0.145. The van der Waals surface area contributed by atoms with E-state index in [1.54, 1.807) is 4.90 Å². The van der Waals surface area contributed by atoms with E-state index < -0.39 is 23.4 Å². The summed E-state index contributed by atoms with van der Waals surface area (Å²) in [5.41, 5.74) is 5.93. The molecule has 1 heterocycles. The van der Waals surface area contributed by atoms with Gasteiger partial charge in [-0.05, 0) is 29.2 Å². The zero-order chi connectivity index (χ0) is 21.2. The van der Waals surface area contributed by atoms with Crippen LogP contribution in [0.1, 0.15) is 39.2 Å². The highest BCUT2D eigenvalue weighted by Crippen LogP contribution is 2.25. The van der Waals surface area contributed by atoms with E-state index in [1.165, 1.54) is 0 Å². The van der Waals surface area contributed by atoms with Crippen molar-refractivity contribution in [1.29, 1.82) is 0 Å². The molecule has 0 aliphatic carbocycles. The number of nitrogens with one attached hydrogen (secondary N) is 1. The Morgan fingerprint density at radius 2 is 1.80 bits per heavy atom. The fraction of sp³-hybridized carbons (Fsp3) is 0.435. The van der Waals surface area contributed by atoms with Crippen LogP contribution in [0.15, 0.2) is 42.5 Å². The van der Waals surface area contributed by atoms with Gasteiger partial charge < -0.3 is 16.0 Å². The standard InChI is InChI=1S/C23H29N3O3.ClH/c1-23(2,3)22(29)26-12-6-9-19(26)21(28)25-18(20(24)27)14-15-10-11-16-7-4-5-8-17(16)13-15;/h4-5,7-8,10-11,13,18-19H,6,9,12,14H2,1-3H3,(H2,24,27)(H,25,28);1H/t18-,19+;/m1./s1. The Balaban J connectivity index is 0.00000320. The Labute approximate surface area is 183 Å². The summed E-state index contributed by atoms with van der Waals surface area (Å²) in [5.74, 6) is -0.955. The second-order valence-electron chi connectivity index (χ2n) is 8.76. The van der Waals surface area contributed by atoms with Crippen molar-refractivity contribution in [1.82, 2.24) is 10.2 Å². The van der Waals surface area contributed by atoms with Crippen LogP contribution in [0.4, 0.5) is 0 Å². The van der Waals surface area contributed by atoms with E-state index in [0.717, 1.165) is 22.8 Å². The summed E-state index contributed by atoms with van der Waals surface area (Å²) in [6, 6.07) is 12.5. The monoisotopic (exact) mass is 431 g/mol. The Morgan fingerprint density at radius 3 is 2.43 bits per heavy atom. The third-order valence-electron chi connectivity index (χ3n) is 5.37. The number of halogens is 1. The average Bonchev–Trinajstić information content (AvgIpc) is 3.15. The van der Waals surface area contributed by atoms with Gasteiger partial charge in [0.1, 0.15) is 12.1 Å². The molecule has 0 aromatic heterocycles. The van der Waals surface area contributed by atoms with Crippen molar-refractivity contribution < 1.29 is 14.4 Å². The molecule has 0 bridgehead atoms. The summed E-state index contributed by atoms with van der Waals surface area (Å²) >= 11 is 0. The fourth-order valence-corrected chi connectivity index (χ4v) is 3.81. The van der Waals surface area contributed by atoms with Crippen LogP contribution in [0.25, 0.3) is 10.8 Å². The van der Waals surface area contributed by atoms with Crippen LogP contribution in [-0.2, 0) is 20.8 Å². The molecule has 1 aliphatic heterocycles. The summed E-state index contributed by atoms with van der Waals surface area (Å²) < 4.78 is 0. The summed E-state index contributed by atoms with van der Waals surface area (Å²) in [7, 11) is 0. The Morgan fingerprint density at radius 1 is 1.13 bits per heavy atom. The molecule has 1 fully saturated rings. The second kappa shape index (κ2) is 9.47. The third kappa shape index (κ3) is 5.30. The van der Waals surface area contributed by atoms with E-state index in [-0.39, 0.29) is 24.2 Å². The molecule has 3 rings (SSSR count). The van der Waals surface area contributed by atoms with Gasteiger partial charge in [-0.3, -0.25) is 14.4 Å². The maximum Gasteiger partial charge on any atom is 0.243 e. The molecule has 30 heavy (non-hydrogen) atoms. The molecule has 3 amide bonds. The van der Waals surface area contributed by atoms with Crippen molar-refractivity contribution in [2.24, 2.45) is 11.1 Å². The van der Waals surface area contributed by atoms with Gasteiger partial charge in [0.15, 0.2) is 0 Å². The van der Waals surface area contributed by atoms with Crippen LogP contribution in [-0.4, -0.2) is 41.2 Å². The molecule has 6 nitrogen and oxygen atoms in total. The van der Waals surface area contributed by atoms with E-state index in [4.69, 9.17) is 5.73 Å². The number of benzene rings is 2. The van der Waals surface area contributed by atoms with Crippen LogP contribution >= 0.6 is 12.4 Å². The van der Waals surface area contributed by atoms with Gasteiger partial charge in [0.25, 0.3) is 0 Å². The smallest absolute Gasteiger partial charge is 0.243 e. The van der Waals surface area contributed by atoms with Gasteiger partial charge in [-0.2, -0.15) is 0 Å². The number of hydrogen-bond acceptors (Lipinski definition) is 3. The molecular formula is C23H30ClN3O3. The zero-order valence-electron chi connectivity index (χ0n) is 17.7. The number of carbonyl (C=O) groups is 3. The van der Waals surface area contributed by atoms with E-state index in [9.17, 15) is 14.4 Å². The minimum absolute atomic E-state index is 0. The quantitative estimate of drug-likeness (QED) is 0.762. The molecular weight excluding hydrogens is 402 g/mol. The average molecular weight is 432 g/mol. The molecule has 3 N–H and O–H groups in total. The number of rotatable bonds is 5. The number of likely N-dealkylation sites (tertiary alicyclic amines) is 1. The maximum absolute atomic E-state index is 12.9. The molecule has 1 aliphatic rings. The molecule has 7 heteroatoms. The highest BCUT2D eigenvalue weighted by Gasteiger charge is 2.39. The predicted molar refractivity (Wildman–Crippen MR) is 120 cm³/mol. The van der Waals surface area contributed by atoms with Gasteiger partial charge >= 0.3 is 0 Å². The molecule has 0 radical (unpaired) electrons. The maximum atomic E-state index is 12.9. The molecule has 2 aromatic carbocycles. The largest absolute Gasteiger partial charge is 0.368 e. The normalized spacial score (nSPS) is 17.3. The number of nitrogens with zero attached hydrogens (tertiary/aromatic N) is 1. The van der Waals surface area contributed by atoms with E-state index in [1.807, 2.05) is 63.2 Å². The van der Waals surface area contributed by atoms with Gasteiger partial charge in [0, 0.05) is 18.4 Å². The van der Waals surface area contributed by atoms with Crippen LogP contribution in [0.2, 0.25) is 0 Å². The van der Waals surface area contributed by atoms with Gasteiger partial charge in [0.2, 0.25) is 17.7 Å². The predicted octanol–water partition coefficient (Wildman–Crippen LogP) is 2.81. The Hall–Kier alpha value is -2.60.